The molecule has 0 saturated heterocycles. The van der Waals surface area contributed by atoms with Gasteiger partial charge in [0.15, 0.2) is 5.16 Å². The first-order valence-electron chi connectivity index (χ1n) is 5.83. The minimum absolute atomic E-state index is 0.135. The number of hydrogen-bond acceptors (Lipinski definition) is 4. The van der Waals surface area contributed by atoms with Crippen molar-refractivity contribution in [2.24, 2.45) is 0 Å². The molecular formula is C13H12N4OS. The molecular weight excluding hydrogens is 260 g/mol. The predicted molar refractivity (Wildman–Crippen MR) is 74.6 cm³/mol. The lowest BCUT2D eigenvalue weighted by molar-refractivity contribution is 0.841. The second kappa shape index (κ2) is 4.89. The minimum atomic E-state index is -0.135. The lowest BCUT2D eigenvalue weighted by atomic mass is 10.1. The van der Waals surface area contributed by atoms with Crippen molar-refractivity contribution in [1.29, 1.82) is 0 Å². The van der Waals surface area contributed by atoms with Crippen molar-refractivity contribution in [3.05, 3.63) is 58.0 Å². The number of nitrogens with zero attached hydrogens (tertiary/aromatic N) is 3. The van der Waals surface area contributed by atoms with Gasteiger partial charge in [-0.3, -0.25) is 9.89 Å². The first-order chi connectivity index (χ1) is 9.26. The normalized spacial score (nSPS) is 11.0. The SMILES string of the molecule is CSc1nc2nc(Cc3ccccc3)cc(=O)n2[nH]1. The molecule has 3 aromatic rings. The van der Waals surface area contributed by atoms with E-state index >= 15 is 0 Å². The summed E-state index contributed by atoms with van der Waals surface area (Å²) in [5.74, 6) is 0.419. The topological polar surface area (TPSA) is 63.1 Å². The van der Waals surface area contributed by atoms with Crippen LogP contribution in [0.4, 0.5) is 0 Å². The zero-order chi connectivity index (χ0) is 13.2. The maximum atomic E-state index is 12.0. The number of fused-ring (bicyclic) bond motifs is 1. The quantitative estimate of drug-likeness (QED) is 0.738. The van der Waals surface area contributed by atoms with E-state index in [0.29, 0.717) is 17.4 Å². The fraction of sp³-hybridized carbons (Fsp3) is 0.154. The lowest BCUT2D eigenvalue weighted by Gasteiger charge is -2.00. The molecule has 0 saturated carbocycles. The Morgan fingerprint density at radius 3 is 2.79 bits per heavy atom. The van der Waals surface area contributed by atoms with Gasteiger partial charge in [-0.15, -0.1) is 0 Å². The molecule has 0 aliphatic heterocycles. The third-order valence-electron chi connectivity index (χ3n) is 2.78. The number of aromatic nitrogens is 4. The smallest absolute Gasteiger partial charge is 0.267 e. The number of hydrogen-bond donors (Lipinski definition) is 1. The van der Waals surface area contributed by atoms with Crippen molar-refractivity contribution < 1.29 is 0 Å². The number of H-pyrrole nitrogens is 1. The van der Waals surface area contributed by atoms with Crippen molar-refractivity contribution in [2.75, 3.05) is 6.26 Å². The van der Waals surface area contributed by atoms with Crippen LogP contribution in [0, 0.1) is 0 Å². The van der Waals surface area contributed by atoms with E-state index in [1.54, 1.807) is 6.07 Å². The highest BCUT2D eigenvalue weighted by molar-refractivity contribution is 7.98. The van der Waals surface area contributed by atoms with Crippen LogP contribution in [-0.2, 0) is 6.42 Å². The summed E-state index contributed by atoms with van der Waals surface area (Å²) in [6, 6.07) is 11.5. The van der Waals surface area contributed by atoms with Crippen molar-refractivity contribution in [1.82, 2.24) is 19.6 Å². The van der Waals surface area contributed by atoms with Gasteiger partial charge >= 0.3 is 0 Å². The summed E-state index contributed by atoms with van der Waals surface area (Å²) in [6.45, 7) is 0. The number of aromatic amines is 1. The molecule has 5 nitrogen and oxygen atoms in total. The summed E-state index contributed by atoms with van der Waals surface area (Å²) >= 11 is 1.45. The maximum Gasteiger partial charge on any atom is 0.274 e. The fourth-order valence-electron chi connectivity index (χ4n) is 1.89. The molecule has 0 atom stereocenters. The van der Waals surface area contributed by atoms with E-state index in [2.05, 4.69) is 15.1 Å². The largest absolute Gasteiger partial charge is 0.274 e. The van der Waals surface area contributed by atoms with E-state index in [4.69, 9.17) is 0 Å². The molecule has 0 amide bonds. The van der Waals surface area contributed by atoms with Crippen LogP contribution in [0.25, 0.3) is 5.78 Å². The zero-order valence-corrected chi connectivity index (χ0v) is 11.1. The van der Waals surface area contributed by atoms with Gasteiger partial charge in [-0.1, -0.05) is 42.1 Å². The van der Waals surface area contributed by atoms with Crippen LogP contribution in [0.15, 0.2) is 46.3 Å². The third kappa shape index (κ3) is 2.39. The molecule has 2 aromatic heterocycles. The van der Waals surface area contributed by atoms with Crippen LogP contribution in [0.1, 0.15) is 11.3 Å². The van der Waals surface area contributed by atoms with Gasteiger partial charge in [0, 0.05) is 12.5 Å². The molecule has 96 valence electrons. The van der Waals surface area contributed by atoms with Crippen molar-refractivity contribution in [3.63, 3.8) is 0 Å². The number of nitrogens with one attached hydrogen (secondary N) is 1. The average Bonchev–Trinajstić information content (AvgIpc) is 2.83. The Kier molecular flexibility index (Phi) is 3.08. The van der Waals surface area contributed by atoms with Crippen molar-refractivity contribution in [2.45, 2.75) is 11.6 Å². The van der Waals surface area contributed by atoms with Gasteiger partial charge in [0.05, 0.1) is 5.69 Å². The van der Waals surface area contributed by atoms with E-state index < -0.39 is 0 Å². The number of rotatable bonds is 3. The van der Waals surface area contributed by atoms with Crippen LogP contribution < -0.4 is 5.56 Å². The molecule has 1 aromatic carbocycles. The molecule has 2 heterocycles. The van der Waals surface area contributed by atoms with Crippen molar-refractivity contribution >= 4 is 17.5 Å². The highest BCUT2D eigenvalue weighted by Crippen LogP contribution is 2.10. The standard InChI is InChI=1S/C13H12N4OS/c1-19-13-15-12-14-10(8-11(18)17(12)16-13)7-9-5-3-2-4-6-9/h2-6,8H,7H2,1H3,(H,14,15,16). The Hall–Kier alpha value is -2.08. The van der Waals surface area contributed by atoms with Gasteiger partial charge in [0.25, 0.3) is 11.3 Å². The molecule has 0 aliphatic rings. The average molecular weight is 272 g/mol. The second-order valence-electron chi connectivity index (χ2n) is 4.12. The first kappa shape index (κ1) is 12.0. The van der Waals surface area contributed by atoms with Crippen LogP contribution >= 0.6 is 11.8 Å². The van der Waals surface area contributed by atoms with Crippen LogP contribution in [0.5, 0.6) is 0 Å². The number of benzene rings is 1. The summed E-state index contributed by atoms with van der Waals surface area (Å²) in [5.41, 5.74) is 1.72. The Bertz CT molecular complexity index is 763. The molecule has 3 rings (SSSR count). The molecule has 6 heteroatoms. The minimum Gasteiger partial charge on any atom is -0.267 e. The Balaban J connectivity index is 2.03. The number of thioether (sulfide) groups is 1. The highest BCUT2D eigenvalue weighted by atomic mass is 32.2. The first-order valence-corrected chi connectivity index (χ1v) is 7.05. The molecule has 1 N–H and O–H groups in total. The molecule has 0 radical (unpaired) electrons. The van der Waals surface area contributed by atoms with E-state index in [0.717, 1.165) is 11.3 Å². The molecule has 0 aliphatic carbocycles. The molecule has 0 fully saturated rings. The zero-order valence-electron chi connectivity index (χ0n) is 10.3. The third-order valence-corrected chi connectivity index (χ3v) is 3.35. The van der Waals surface area contributed by atoms with Gasteiger partial charge in [-0.25, -0.2) is 4.98 Å². The van der Waals surface area contributed by atoms with Gasteiger partial charge < -0.3 is 0 Å². The maximum absolute atomic E-state index is 12.0. The summed E-state index contributed by atoms with van der Waals surface area (Å²) < 4.78 is 1.36. The van der Waals surface area contributed by atoms with Crippen LogP contribution in [0.2, 0.25) is 0 Å². The second-order valence-corrected chi connectivity index (χ2v) is 4.91. The Labute approximate surface area is 113 Å². The highest BCUT2D eigenvalue weighted by Gasteiger charge is 2.07. The van der Waals surface area contributed by atoms with Crippen molar-refractivity contribution in [3.8, 4) is 0 Å². The van der Waals surface area contributed by atoms with Crippen LogP contribution in [-0.4, -0.2) is 25.8 Å². The summed E-state index contributed by atoms with van der Waals surface area (Å²) in [5, 5.41) is 3.58. The molecule has 0 spiro atoms. The summed E-state index contributed by atoms with van der Waals surface area (Å²) in [6.07, 6.45) is 2.53. The van der Waals surface area contributed by atoms with E-state index in [1.165, 1.54) is 16.3 Å². The van der Waals surface area contributed by atoms with Gasteiger partial charge in [0.1, 0.15) is 0 Å². The molecule has 0 bridgehead atoms. The fourth-order valence-corrected chi connectivity index (χ4v) is 2.25. The van der Waals surface area contributed by atoms with E-state index in [1.807, 2.05) is 36.6 Å². The van der Waals surface area contributed by atoms with Gasteiger partial charge in [-0.2, -0.15) is 9.50 Å². The predicted octanol–water partition coefficient (Wildman–Crippen LogP) is 1.73. The van der Waals surface area contributed by atoms with Gasteiger partial charge in [0.2, 0.25) is 0 Å². The summed E-state index contributed by atoms with van der Waals surface area (Å²) in [4.78, 5) is 20.6. The Morgan fingerprint density at radius 2 is 2.05 bits per heavy atom. The van der Waals surface area contributed by atoms with Crippen LogP contribution in [0.3, 0.4) is 0 Å². The summed E-state index contributed by atoms with van der Waals surface area (Å²) in [7, 11) is 0. The van der Waals surface area contributed by atoms with E-state index in [-0.39, 0.29) is 5.56 Å². The lowest BCUT2D eigenvalue weighted by Crippen LogP contribution is -2.15. The van der Waals surface area contributed by atoms with Gasteiger partial charge in [-0.05, 0) is 11.8 Å². The molecule has 0 unspecified atom stereocenters. The van der Waals surface area contributed by atoms with E-state index in [9.17, 15) is 4.79 Å². The molecule has 19 heavy (non-hydrogen) atoms. The monoisotopic (exact) mass is 272 g/mol. The Morgan fingerprint density at radius 1 is 1.26 bits per heavy atom.